The maximum atomic E-state index is 6.75. The number of aromatic nitrogens is 1. The SMILES string of the molecule is NC1(c2ccc(-c3nc4c(cc3-c3ccccc3)C=CN3C4=NNC3I)cc2)CCC[I-]1. The van der Waals surface area contributed by atoms with E-state index in [1.807, 2.05) is 6.07 Å². The van der Waals surface area contributed by atoms with Crippen molar-refractivity contribution in [2.45, 2.75) is 20.6 Å². The Kier molecular flexibility index (Phi) is 5.22. The molecule has 0 spiro atoms. The number of nitrogens with zero attached hydrogens (tertiary/aromatic N) is 3. The number of hydrogen-bond acceptors (Lipinski definition) is 5. The molecule has 0 aliphatic carbocycles. The number of hydrogen-bond donors (Lipinski definition) is 2. The molecule has 1 saturated heterocycles. The van der Waals surface area contributed by atoms with Crippen LogP contribution in [-0.2, 0) is 3.55 Å². The summed E-state index contributed by atoms with van der Waals surface area (Å²) in [5, 5.41) is 4.55. The van der Waals surface area contributed by atoms with E-state index < -0.39 is 0 Å². The van der Waals surface area contributed by atoms with Crippen molar-refractivity contribution in [3.8, 4) is 22.4 Å². The van der Waals surface area contributed by atoms with Crippen LogP contribution in [0.1, 0.15) is 29.7 Å². The first-order valence-corrected chi connectivity index (χ1v) is 14.5. The zero-order valence-corrected chi connectivity index (χ0v) is 21.6. The Hall–Kier alpha value is -1.98. The third-order valence-electron chi connectivity index (χ3n) is 6.17. The molecule has 32 heavy (non-hydrogen) atoms. The molecule has 2 atom stereocenters. The summed E-state index contributed by atoms with van der Waals surface area (Å²) in [5.41, 5.74) is 17.5. The van der Waals surface area contributed by atoms with E-state index in [2.05, 4.69) is 105 Å². The molecule has 1 aromatic heterocycles. The summed E-state index contributed by atoms with van der Waals surface area (Å²) in [5.74, 6) is 0.871. The summed E-state index contributed by atoms with van der Waals surface area (Å²) in [6, 6.07) is 21.6. The summed E-state index contributed by atoms with van der Waals surface area (Å²) in [4.78, 5) is 7.31. The fourth-order valence-corrected chi connectivity index (χ4v) is 8.35. The van der Waals surface area contributed by atoms with Gasteiger partial charge in [0.2, 0.25) is 0 Å². The van der Waals surface area contributed by atoms with Crippen LogP contribution in [0.25, 0.3) is 28.5 Å². The normalized spacial score (nSPS) is 23.8. The summed E-state index contributed by atoms with van der Waals surface area (Å²) < 4.78 is 1.34. The van der Waals surface area contributed by atoms with E-state index in [9.17, 15) is 0 Å². The zero-order valence-electron chi connectivity index (χ0n) is 17.3. The van der Waals surface area contributed by atoms with Crippen molar-refractivity contribution in [1.82, 2.24) is 15.3 Å². The van der Waals surface area contributed by atoms with Gasteiger partial charge in [-0.1, -0.05) is 0 Å². The van der Waals surface area contributed by atoms with Crippen LogP contribution in [-0.4, -0.2) is 24.3 Å². The van der Waals surface area contributed by atoms with Gasteiger partial charge in [-0.25, -0.2) is 0 Å². The van der Waals surface area contributed by atoms with E-state index in [4.69, 9.17) is 10.7 Å². The third-order valence-corrected chi connectivity index (χ3v) is 10.9. The van der Waals surface area contributed by atoms with Crippen LogP contribution >= 0.6 is 22.6 Å². The van der Waals surface area contributed by atoms with Gasteiger partial charge in [-0.3, -0.25) is 0 Å². The number of amidine groups is 1. The molecule has 3 aliphatic heterocycles. The van der Waals surface area contributed by atoms with Crippen LogP contribution in [0.3, 0.4) is 0 Å². The Balaban J connectivity index is 1.50. The van der Waals surface area contributed by atoms with Gasteiger partial charge in [-0.15, -0.1) is 0 Å². The Morgan fingerprint density at radius 3 is 2.62 bits per heavy atom. The van der Waals surface area contributed by atoms with Crippen LogP contribution < -0.4 is 32.4 Å². The minimum absolute atomic E-state index is 0.0131. The molecule has 3 aromatic rings. The number of pyridine rings is 1. The second-order valence-electron chi connectivity index (χ2n) is 8.18. The monoisotopic (exact) mass is 646 g/mol. The van der Waals surface area contributed by atoms with Crippen LogP contribution in [0.5, 0.6) is 0 Å². The Bertz CT molecular complexity index is 1230. The van der Waals surface area contributed by atoms with Crippen molar-refractivity contribution < 1.29 is 21.2 Å². The van der Waals surface area contributed by atoms with Crippen molar-refractivity contribution in [2.24, 2.45) is 10.8 Å². The van der Waals surface area contributed by atoms with Gasteiger partial charge in [0, 0.05) is 0 Å². The number of nitrogens with one attached hydrogen (secondary N) is 1. The first kappa shape index (κ1) is 20.6. The molecule has 6 rings (SSSR count). The number of fused-ring (bicyclic) bond motifs is 3. The molecular formula is C25H22I2N5-. The molecule has 1 fully saturated rings. The Morgan fingerprint density at radius 2 is 1.88 bits per heavy atom. The molecule has 5 nitrogen and oxygen atoms in total. The summed E-state index contributed by atoms with van der Waals surface area (Å²) in [7, 11) is 0. The van der Waals surface area contributed by atoms with E-state index in [0.29, 0.717) is 0 Å². The average molecular weight is 646 g/mol. The van der Waals surface area contributed by atoms with E-state index >= 15 is 0 Å². The van der Waals surface area contributed by atoms with E-state index in [-0.39, 0.29) is 28.9 Å². The molecule has 0 amide bonds. The second kappa shape index (κ2) is 8.11. The van der Waals surface area contributed by atoms with Crippen LogP contribution in [0.2, 0.25) is 0 Å². The number of halogens is 2. The van der Waals surface area contributed by atoms with Crippen molar-refractivity contribution >= 4 is 34.5 Å². The standard InChI is InChI=1S/C25H22I2N5/c26-24-31-30-23-22-18(11-14-32(23)24)15-20(16-5-2-1-3-6-16)21(29-22)17-7-9-19(10-8-17)25(28)12-4-13-27-25/h1-3,5-11,14-15,24,31H,4,12-13,28H2/q-1. The first-order valence-electron chi connectivity index (χ1n) is 10.7. The average Bonchev–Trinajstić information content (AvgIpc) is 3.45. The van der Waals surface area contributed by atoms with Gasteiger partial charge in [-0.05, 0) is 0 Å². The van der Waals surface area contributed by atoms with E-state index in [1.54, 1.807) is 0 Å². The number of nitrogens with two attached hydrogens (primary N) is 1. The van der Waals surface area contributed by atoms with Gasteiger partial charge < -0.3 is 0 Å². The van der Waals surface area contributed by atoms with Gasteiger partial charge in [-0.2, -0.15) is 0 Å². The van der Waals surface area contributed by atoms with Gasteiger partial charge in [0.25, 0.3) is 0 Å². The molecule has 162 valence electrons. The van der Waals surface area contributed by atoms with E-state index in [0.717, 1.165) is 45.9 Å². The molecule has 3 aliphatic rings. The van der Waals surface area contributed by atoms with Crippen molar-refractivity contribution in [1.29, 1.82) is 0 Å². The fourth-order valence-electron chi connectivity index (χ4n) is 4.47. The predicted octanol–water partition coefficient (Wildman–Crippen LogP) is 1.68. The van der Waals surface area contributed by atoms with Crippen LogP contribution in [0, 0.1) is 0 Å². The summed E-state index contributed by atoms with van der Waals surface area (Å²) in [6.07, 6.45) is 6.57. The molecular weight excluding hydrogens is 624 g/mol. The fraction of sp³-hybridized carbons (Fsp3) is 0.200. The predicted molar refractivity (Wildman–Crippen MR) is 133 cm³/mol. The molecule has 2 aromatic carbocycles. The topological polar surface area (TPSA) is 66.5 Å². The molecule has 3 N–H and O–H groups in total. The molecule has 0 bridgehead atoms. The molecule has 2 unspecified atom stereocenters. The quantitative estimate of drug-likeness (QED) is 0.259. The van der Waals surface area contributed by atoms with Gasteiger partial charge in [0.15, 0.2) is 0 Å². The van der Waals surface area contributed by atoms with Crippen LogP contribution in [0.4, 0.5) is 0 Å². The minimum atomic E-state index is -0.0756. The maximum absolute atomic E-state index is 6.75. The Labute approximate surface area is 211 Å². The second-order valence-corrected chi connectivity index (χ2v) is 13.1. The first-order chi connectivity index (χ1) is 15.6. The van der Waals surface area contributed by atoms with E-state index in [1.165, 1.54) is 16.4 Å². The number of rotatable bonds is 3. The summed E-state index contributed by atoms with van der Waals surface area (Å²) in [6.45, 7) is 0. The van der Waals surface area contributed by atoms with Gasteiger partial charge in [0.1, 0.15) is 0 Å². The van der Waals surface area contributed by atoms with Crippen LogP contribution in [0.15, 0.2) is 72.0 Å². The van der Waals surface area contributed by atoms with Crippen molar-refractivity contribution in [2.75, 3.05) is 4.43 Å². The summed E-state index contributed by atoms with van der Waals surface area (Å²) >= 11 is 2.35. The molecule has 0 radical (unpaired) electrons. The third kappa shape index (κ3) is 3.45. The molecule has 0 saturated carbocycles. The number of alkyl halides is 3. The van der Waals surface area contributed by atoms with Crippen molar-refractivity contribution in [3.05, 3.63) is 83.7 Å². The number of hydrazone groups is 1. The molecule has 7 heteroatoms. The van der Waals surface area contributed by atoms with Gasteiger partial charge in [0.05, 0.1) is 0 Å². The number of benzene rings is 2. The van der Waals surface area contributed by atoms with Crippen molar-refractivity contribution in [3.63, 3.8) is 0 Å². The Morgan fingerprint density at radius 1 is 1.06 bits per heavy atom. The molecule has 4 heterocycles. The zero-order chi connectivity index (χ0) is 21.7. The van der Waals surface area contributed by atoms with Gasteiger partial charge >= 0.3 is 213 Å².